The number of aromatic nitrogens is 3. The molecule has 2 aliphatic rings. The summed E-state index contributed by atoms with van der Waals surface area (Å²) in [6, 6.07) is 0.375. The van der Waals surface area contributed by atoms with Crippen LogP contribution >= 0.6 is 0 Å². The second-order valence-corrected chi connectivity index (χ2v) is 5.84. The summed E-state index contributed by atoms with van der Waals surface area (Å²) in [5.74, 6) is 2.23. The highest BCUT2D eigenvalue weighted by Crippen LogP contribution is 2.38. The van der Waals surface area contributed by atoms with E-state index in [4.69, 9.17) is 4.74 Å². The SMILES string of the molecule is CCCC1NCCn2c(CC3(OC)CCC3)nnc21. The van der Waals surface area contributed by atoms with Crippen LogP contribution in [-0.4, -0.2) is 34.0 Å². The van der Waals surface area contributed by atoms with Crippen molar-refractivity contribution in [3.8, 4) is 0 Å². The van der Waals surface area contributed by atoms with Gasteiger partial charge in [0.25, 0.3) is 0 Å². The zero-order valence-electron chi connectivity index (χ0n) is 12.0. The predicted octanol–water partition coefficient (Wildman–Crippen LogP) is 1.83. The molecule has 5 heteroatoms. The fraction of sp³-hybridized carbons (Fsp3) is 0.857. The van der Waals surface area contributed by atoms with E-state index in [9.17, 15) is 0 Å². The molecule has 0 spiro atoms. The maximum atomic E-state index is 5.72. The third kappa shape index (κ3) is 2.30. The molecule has 0 saturated heterocycles. The molecule has 0 radical (unpaired) electrons. The van der Waals surface area contributed by atoms with Gasteiger partial charge in [-0.05, 0) is 25.7 Å². The molecule has 5 nitrogen and oxygen atoms in total. The monoisotopic (exact) mass is 264 g/mol. The second-order valence-electron chi connectivity index (χ2n) is 5.84. The molecule has 0 amide bonds. The molecule has 1 aromatic heterocycles. The molecule has 1 atom stereocenters. The normalized spacial score (nSPS) is 24.8. The topological polar surface area (TPSA) is 52.0 Å². The van der Waals surface area contributed by atoms with Gasteiger partial charge in [0.05, 0.1) is 11.6 Å². The maximum absolute atomic E-state index is 5.72. The lowest BCUT2D eigenvalue weighted by Gasteiger charge is -2.40. The first-order chi connectivity index (χ1) is 9.28. The van der Waals surface area contributed by atoms with E-state index < -0.39 is 0 Å². The van der Waals surface area contributed by atoms with Crippen LogP contribution in [0.2, 0.25) is 0 Å². The fourth-order valence-electron chi connectivity index (χ4n) is 3.26. The van der Waals surface area contributed by atoms with Gasteiger partial charge < -0.3 is 14.6 Å². The number of ether oxygens (including phenoxy) is 1. The molecule has 3 rings (SSSR count). The molecule has 106 valence electrons. The van der Waals surface area contributed by atoms with Gasteiger partial charge in [0.2, 0.25) is 0 Å². The minimum Gasteiger partial charge on any atom is -0.378 e. The molecule has 2 heterocycles. The summed E-state index contributed by atoms with van der Waals surface area (Å²) in [5.41, 5.74) is 0.0366. The lowest BCUT2D eigenvalue weighted by molar-refractivity contribution is -0.0727. The van der Waals surface area contributed by atoms with E-state index in [1.807, 2.05) is 7.11 Å². The molecule has 1 fully saturated rings. The van der Waals surface area contributed by atoms with Crippen LogP contribution in [0.4, 0.5) is 0 Å². The zero-order valence-corrected chi connectivity index (χ0v) is 12.0. The van der Waals surface area contributed by atoms with E-state index in [2.05, 4.69) is 27.0 Å². The summed E-state index contributed by atoms with van der Waals surface area (Å²) in [6.07, 6.45) is 6.80. The van der Waals surface area contributed by atoms with E-state index in [0.717, 1.165) is 50.4 Å². The number of nitrogens with zero attached hydrogens (tertiary/aromatic N) is 3. The average Bonchev–Trinajstić information content (AvgIpc) is 2.78. The molecule has 1 saturated carbocycles. The highest BCUT2D eigenvalue weighted by molar-refractivity contribution is 5.08. The van der Waals surface area contributed by atoms with Gasteiger partial charge in [-0.25, -0.2) is 0 Å². The van der Waals surface area contributed by atoms with Gasteiger partial charge in [0.15, 0.2) is 0 Å². The molecule has 1 aromatic rings. The van der Waals surface area contributed by atoms with Gasteiger partial charge >= 0.3 is 0 Å². The highest BCUT2D eigenvalue weighted by atomic mass is 16.5. The highest BCUT2D eigenvalue weighted by Gasteiger charge is 2.39. The summed E-state index contributed by atoms with van der Waals surface area (Å²) in [5, 5.41) is 12.4. The Morgan fingerprint density at radius 2 is 2.26 bits per heavy atom. The van der Waals surface area contributed by atoms with Crippen molar-refractivity contribution in [1.29, 1.82) is 0 Å². The summed E-state index contributed by atoms with van der Waals surface area (Å²) in [7, 11) is 1.83. The van der Waals surface area contributed by atoms with Crippen LogP contribution in [0.1, 0.15) is 56.7 Å². The molecular formula is C14H24N4O. The average molecular weight is 264 g/mol. The number of hydrogen-bond donors (Lipinski definition) is 1. The van der Waals surface area contributed by atoms with Crippen molar-refractivity contribution in [2.75, 3.05) is 13.7 Å². The van der Waals surface area contributed by atoms with Crippen LogP contribution < -0.4 is 5.32 Å². The van der Waals surface area contributed by atoms with Crippen LogP contribution in [0.5, 0.6) is 0 Å². The molecule has 19 heavy (non-hydrogen) atoms. The van der Waals surface area contributed by atoms with E-state index in [-0.39, 0.29) is 5.60 Å². The smallest absolute Gasteiger partial charge is 0.150 e. The first kappa shape index (κ1) is 13.1. The van der Waals surface area contributed by atoms with E-state index in [1.54, 1.807) is 0 Å². The van der Waals surface area contributed by atoms with Gasteiger partial charge in [0, 0.05) is 26.6 Å². The third-order valence-electron chi connectivity index (χ3n) is 4.65. The Balaban J connectivity index is 1.80. The predicted molar refractivity (Wildman–Crippen MR) is 73.0 cm³/mol. The molecule has 1 N–H and O–H groups in total. The van der Waals surface area contributed by atoms with Crippen molar-refractivity contribution in [2.45, 2.75) is 63.6 Å². The van der Waals surface area contributed by atoms with Crippen LogP contribution in [0.15, 0.2) is 0 Å². The first-order valence-corrected chi connectivity index (χ1v) is 7.48. The van der Waals surface area contributed by atoms with E-state index >= 15 is 0 Å². The Kier molecular flexibility index (Phi) is 3.58. The van der Waals surface area contributed by atoms with Gasteiger partial charge in [-0.3, -0.25) is 0 Å². The van der Waals surface area contributed by atoms with Gasteiger partial charge in [0.1, 0.15) is 11.6 Å². The van der Waals surface area contributed by atoms with Gasteiger partial charge in [-0.1, -0.05) is 13.3 Å². The Hall–Kier alpha value is -0.940. The second kappa shape index (κ2) is 5.21. The first-order valence-electron chi connectivity index (χ1n) is 7.48. The number of methoxy groups -OCH3 is 1. The molecule has 1 aliphatic heterocycles. The largest absolute Gasteiger partial charge is 0.378 e. The van der Waals surface area contributed by atoms with Crippen molar-refractivity contribution in [3.05, 3.63) is 11.6 Å². The summed E-state index contributed by atoms with van der Waals surface area (Å²) < 4.78 is 8.03. The maximum Gasteiger partial charge on any atom is 0.150 e. The standard InChI is InChI=1S/C14H24N4O/c1-3-5-11-13-17-16-12(18(13)9-8-15-11)10-14(19-2)6-4-7-14/h11,15H,3-10H2,1-2H3. The van der Waals surface area contributed by atoms with Crippen LogP contribution in [-0.2, 0) is 17.7 Å². The Bertz CT molecular complexity index is 433. The summed E-state index contributed by atoms with van der Waals surface area (Å²) in [4.78, 5) is 0. The zero-order chi connectivity index (χ0) is 13.3. The molecule has 0 aromatic carbocycles. The number of rotatable bonds is 5. The molecular weight excluding hydrogens is 240 g/mol. The Morgan fingerprint density at radius 3 is 2.89 bits per heavy atom. The fourth-order valence-corrected chi connectivity index (χ4v) is 3.26. The Morgan fingerprint density at radius 1 is 1.42 bits per heavy atom. The van der Waals surface area contributed by atoms with Crippen LogP contribution in [0, 0.1) is 0 Å². The minimum atomic E-state index is 0.0366. The van der Waals surface area contributed by atoms with Crippen LogP contribution in [0.25, 0.3) is 0 Å². The Labute approximate surface area is 114 Å². The van der Waals surface area contributed by atoms with Crippen molar-refractivity contribution in [2.24, 2.45) is 0 Å². The molecule has 0 bridgehead atoms. The van der Waals surface area contributed by atoms with Gasteiger partial charge in [-0.15, -0.1) is 10.2 Å². The van der Waals surface area contributed by atoms with Crippen LogP contribution in [0.3, 0.4) is 0 Å². The molecule has 1 aliphatic carbocycles. The van der Waals surface area contributed by atoms with Crippen molar-refractivity contribution >= 4 is 0 Å². The van der Waals surface area contributed by atoms with Gasteiger partial charge in [-0.2, -0.15) is 0 Å². The molecule has 1 unspecified atom stereocenters. The quantitative estimate of drug-likeness (QED) is 0.881. The minimum absolute atomic E-state index is 0.0366. The summed E-state index contributed by atoms with van der Waals surface area (Å²) in [6.45, 7) is 4.21. The number of nitrogens with one attached hydrogen (secondary N) is 1. The van der Waals surface area contributed by atoms with E-state index in [0.29, 0.717) is 6.04 Å². The van der Waals surface area contributed by atoms with Crippen molar-refractivity contribution < 1.29 is 4.74 Å². The third-order valence-corrected chi connectivity index (χ3v) is 4.65. The van der Waals surface area contributed by atoms with E-state index in [1.165, 1.54) is 12.8 Å². The number of hydrogen-bond acceptors (Lipinski definition) is 4. The van der Waals surface area contributed by atoms with Crippen molar-refractivity contribution in [1.82, 2.24) is 20.1 Å². The lowest BCUT2D eigenvalue weighted by Crippen LogP contribution is -2.42. The number of fused-ring (bicyclic) bond motifs is 1. The lowest BCUT2D eigenvalue weighted by atomic mass is 9.77. The summed E-state index contributed by atoms with van der Waals surface area (Å²) >= 11 is 0. The van der Waals surface area contributed by atoms with Crippen molar-refractivity contribution in [3.63, 3.8) is 0 Å².